The molecule has 24 heavy (non-hydrogen) atoms. The molecule has 0 aromatic carbocycles. The smallest absolute Gasteiger partial charge is 0.220 e. The van der Waals surface area contributed by atoms with Crippen molar-refractivity contribution in [1.82, 2.24) is 19.4 Å². The predicted octanol–water partition coefficient (Wildman–Crippen LogP) is 1.19. The molecule has 0 saturated heterocycles. The van der Waals surface area contributed by atoms with Crippen molar-refractivity contribution >= 4 is 21.4 Å². The van der Waals surface area contributed by atoms with Gasteiger partial charge in [-0.25, -0.2) is 23.4 Å². The Balaban J connectivity index is 1.84. The fourth-order valence-electron chi connectivity index (χ4n) is 2.31. The van der Waals surface area contributed by atoms with E-state index in [2.05, 4.69) is 15.0 Å². The number of fused-ring (bicyclic) bond motifs is 1. The summed E-state index contributed by atoms with van der Waals surface area (Å²) in [4.78, 5) is 12.4. The Bertz CT molecular complexity index is 968. The van der Waals surface area contributed by atoms with Gasteiger partial charge in [-0.1, -0.05) is 0 Å². The molecule has 3 heterocycles. The number of nitrogens with two attached hydrogens (primary N) is 1. The maximum Gasteiger partial charge on any atom is 0.220 e. The summed E-state index contributed by atoms with van der Waals surface area (Å²) in [7, 11) is -2.98. The van der Waals surface area contributed by atoms with Crippen LogP contribution in [-0.4, -0.2) is 46.4 Å². The van der Waals surface area contributed by atoms with Gasteiger partial charge in [0.1, 0.15) is 9.84 Å². The number of hydrogen-bond donors (Lipinski definition) is 1. The van der Waals surface area contributed by atoms with Gasteiger partial charge in [0.05, 0.1) is 29.9 Å². The van der Waals surface area contributed by atoms with E-state index in [4.69, 9.17) is 10.5 Å². The van der Waals surface area contributed by atoms with Crippen LogP contribution in [0.1, 0.15) is 6.42 Å². The molecule has 2 N–H and O–H groups in total. The lowest BCUT2D eigenvalue weighted by Gasteiger charge is -2.08. The third kappa shape index (κ3) is 3.62. The predicted molar refractivity (Wildman–Crippen MR) is 90.5 cm³/mol. The van der Waals surface area contributed by atoms with Crippen molar-refractivity contribution in [2.75, 3.05) is 24.3 Å². The van der Waals surface area contributed by atoms with E-state index in [0.29, 0.717) is 30.1 Å². The first-order valence-electron chi connectivity index (χ1n) is 7.29. The van der Waals surface area contributed by atoms with Crippen molar-refractivity contribution in [3.63, 3.8) is 0 Å². The van der Waals surface area contributed by atoms with Crippen molar-refractivity contribution < 1.29 is 13.2 Å². The fourth-order valence-corrected chi connectivity index (χ4v) is 2.95. The summed E-state index contributed by atoms with van der Waals surface area (Å²) in [6, 6.07) is 5.37. The topological polar surface area (TPSA) is 112 Å². The number of imidazole rings is 1. The number of rotatable bonds is 6. The highest BCUT2D eigenvalue weighted by Gasteiger charge is 2.11. The van der Waals surface area contributed by atoms with Crippen LogP contribution in [0.25, 0.3) is 17.0 Å². The summed E-state index contributed by atoms with van der Waals surface area (Å²) in [5.41, 5.74) is 7.68. The number of pyridine rings is 1. The van der Waals surface area contributed by atoms with E-state index in [9.17, 15) is 8.42 Å². The molecule has 0 saturated carbocycles. The number of sulfone groups is 1. The van der Waals surface area contributed by atoms with E-state index in [1.165, 1.54) is 6.26 Å². The van der Waals surface area contributed by atoms with Gasteiger partial charge in [-0.2, -0.15) is 0 Å². The quantitative estimate of drug-likeness (QED) is 0.666. The Morgan fingerprint density at radius 3 is 2.88 bits per heavy atom. The number of nitrogen functional groups attached to an aromatic ring is 1. The average molecular weight is 347 g/mol. The third-order valence-electron chi connectivity index (χ3n) is 3.35. The van der Waals surface area contributed by atoms with Gasteiger partial charge >= 0.3 is 0 Å². The number of ether oxygens (including phenoxy) is 1. The minimum Gasteiger partial charge on any atom is -0.490 e. The highest BCUT2D eigenvalue weighted by Crippen LogP contribution is 2.24. The molecule has 0 radical (unpaired) electrons. The van der Waals surface area contributed by atoms with Gasteiger partial charge in [-0.3, -0.25) is 4.40 Å². The standard InChI is InChI=1S/C15H17N5O3S/c1-24(21,22)9-3-8-23-13-4-2-7-20-12(10-18-14(13)20)11-5-6-17-15(16)19-11/h2,4-7,10H,3,8-9H2,1H3,(H2,16,17,19). The summed E-state index contributed by atoms with van der Waals surface area (Å²) < 4.78 is 29.8. The lowest BCUT2D eigenvalue weighted by atomic mass is 10.3. The zero-order chi connectivity index (χ0) is 17.2. The molecule has 0 aliphatic carbocycles. The summed E-state index contributed by atoms with van der Waals surface area (Å²) in [6.07, 6.45) is 6.75. The molecule has 0 aliphatic rings. The van der Waals surface area contributed by atoms with Crippen molar-refractivity contribution in [3.05, 3.63) is 36.8 Å². The maximum atomic E-state index is 11.1. The minimum atomic E-state index is -2.98. The van der Waals surface area contributed by atoms with E-state index in [-0.39, 0.29) is 11.7 Å². The molecule has 0 atom stereocenters. The van der Waals surface area contributed by atoms with Crippen molar-refractivity contribution in [2.45, 2.75) is 6.42 Å². The molecule has 0 unspecified atom stereocenters. The van der Waals surface area contributed by atoms with Crippen LogP contribution >= 0.6 is 0 Å². The summed E-state index contributed by atoms with van der Waals surface area (Å²) in [5, 5.41) is 0. The number of anilines is 1. The Morgan fingerprint density at radius 2 is 2.12 bits per heavy atom. The van der Waals surface area contributed by atoms with Crippen LogP contribution in [0, 0.1) is 0 Å². The van der Waals surface area contributed by atoms with Crippen molar-refractivity contribution in [1.29, 1.82) is 0 Å². The molecule has 3 aromatic heterocycles. The SMILES string of the molecule is CS(=O)(=O)CCCOc1cccn2c(-c3ccnc(N)n3)cnc12. The van der Waals surface area contributed by atoms with E-state index < -0.39 is 9.84 Å². The molecule has 0 aliphatic heterocycles. The van der Waals surface area contributed by atoms with Gasteiger partial charge in [0.15, 0.2) is 11.4 Å². The Labute approximate surface area is 139 Å². The Hall–Kier alpha value is -2.68. The van der Waals surface area contributed by atoms with Crippen LogP contribution in [0.15, 0.2) is 36.8 Å². The molecular weight excluding hydrogens is 330 g/mol. The van der Waals surface area contributed by atoms with Crippen molar-refractivity contribution in [2.24, 2.45) is 0 Å². The van der Waals surface area contributed by atoms with Crippen LogP contribution in [0.2, 0.25) is 0 Å². The molecule has 0 spiro atoms. The number of nitrogens with zero attached hydrogens (tertiary/aromatic N) is 4. The second-order valence-corrected chi connectivity index (χ2v) is 7.60. The van der Waals surface area contributed by atoms with Gasteiger partial charge in [0.25, 0.3) is 0 Å². The molecule has 0 amide bonds. The molecule has 0 fully saturated rings. The van der Waals surface area contributed by atoms with Gasteiger partial charge < -0.3 is 10.5 Å². The second kappa shape index (κ2) is 6.44. The summed E-state index contributed by atoms with van der Waals surface area (Å²) in [6.45, 7) is 0.301. The van der Waals surface area contributed by atoms with E-state index in [1.54, 1.807) is 24.5 Å². The molecule has 8 nitrogen and oxygen atoms in total. The maximum absolute atomic E-state index is 11.1. The first-order chi connectivity index (χ1) is 11.4. The highest BCUT2D eigenvalue weighted by molar-refractivity contribution is 7.90. The Morgan fingerprint density at radius 1 is 1.29 bits per heavy atom. The van der Waals surface area contributed by atoms with Crippen LogP contribution in [-0.2, 0) is 9.84 Å². The van der Waals surface area contributed by atoms with Crippen molar-refractivity contribution in [3.8, 4) is 17.1 Å². The van der Waals surface area contributed by atoms with Gasteiger partial charge in [-0.05, 0) is 24.6 Å². The zero-order valence-electron chi connectivity index (χ0n) is 13.1. The van der Waals surface area contributed by atoms with Crippen LogP contribution in [0.4, 0.5) is 5.95 Å². The summed E-state index contributed by atoms with van der Waals surface area (Å²) >= 11 is 0. The van der Waals surface area contributed by atoms with E-state index >= 15 is 0 Å². The van der Waals surface area contributed by atoms with E-state index in [1.807, 2.05) is 16.7 Å². The fraction of sp³-hybridized carbons (Fsp3) is 0.267. The first kappa shape index (κ1) is 16.2. The molecular formula is C15H17N5O3S. The van der Waals surface area contributed by atoms with Gasteiger partial charge in [-0.15, -0.1) is 0 Å². The monoisotopic (exact) mass is 347 g/mol. The van der Waals surface area contributed by atoms with E-state index in [0.717, 1.165) is 5.69 Å². The van der Waals surface area contributed by atoms with Crippen LogP contribution in [0.5, 0.6) is 5.75 Å². The normalized spacial score (nSPS) is 11.7. The molecule has 9 heteroatoms. The molecule has 0 bridgehead atoms. The highest BCUT2D eigenvalue weighted by atomic mass is 32.2. The minimum absolute atomic E-state index is 0.0933. The zero-order valence-corrected chi connectivity index (χ0v) is 13.9. The largest absolute Gasteiger partial charge is 0.490 e. The number of aromatic nitrogens is 4. The second-order valence-electron chi connectivity index (χ2n) is 5.34. The van der Waals surface area contributed by atoms with Gasteiger partial charge in [0, 0.05) is 18.6 Å². The van der Waals surface area contributed by atoms with Crippen LogP contribution < -0.4 is 10.5 Å². The molecule has 126 valence electrons. The lowest BCUT2D eigenvalue weighted by molar-refractivity contribution is 0.319. The first-order valence-corrected chi connectivity index (χ1v) is 9.35. The average Bonchev–Trinajstić information content (AvgIpc) is 2.95. The molecule has 3 rings (SSSR count). The number of hydrogen-bond acceptors (Lipinski definition) is 7. The van der Waals surface area contributed by atoms with Gasteiger partial charge in [0.2, 0.25) is 5.95 Å². The lowest BCUT2D eigenvalue weighted by Crippen LogP contribution is -2.08. The summed E-state index contributed by atoms with van der Waals surface area (Å²) in [5.74, 6) is 0.866. The Kier molecular flexibility index (Phi) is 4.34. The van der Waals surface area contributed by atoms with Crippen LogP contribution in [0.3, 0.4) is 0 Å². The third-order valence-corrected chi connectivity index (χ3v) is 4.38. The molecule has 3 aromatic rings.